The first-order chi connectivity index (χ1) is 3.39. The van der Waals surface area contributed by atoms with E-state index < -0.39 is 0 Å². The van der Waals surface area contributed by atoms with Crippen LogP contribution in [0.3, 0.4) is 0 Å². The maximum atomic E-state index is 4.08. The highest BCUT2D eigenvalue weighted by Gasteiger charge is 1.85. The van der Waals surface area contributed by atoms with Crippen LogP contribution in [0.2, 0.25) is 0 Å². The summed E-state index contributed by atoms with van der Waals surface area (Å²) in [6, 6.07) is 9.79. The van der Waals surface area contributed by atoms with Gasteiger partial charge in [0, 0.05) is 0 Å². The van der Waals surface area contributed by atoms with Crippen LogP contribution in [0.15, 0.2) is 35.2 Å². The van der Waals surface area contributed by atoms with Gasteiger partial charge in [-0.15, -0.1) is 0 Å². The first-order valence-electron chi connectivity index (χ1n) is 2.13. The van der Waals surface area contributed by atoms with Crippen molar-refractivity contribution in [3.8, 4) is 0 Å². The number of rotatable bonds is 0. The summed E-state index contributed by atoms with van der Waals surface area (Å²) in [5.41, 5.74) is 0. The van der Waals surface area contributed by atoms with Crippen LogP contribution in [0, 0.1) is 0 Å². The maximum Gasteiger partial charge on any atom is 0.224 e. The lowest BCUT2D eigenvalue weighted by molar-refractivity contribution is 1.48. The minimum atomic E-state index is 1.02. The van der Waals surface area contributed by atoms with Gasteiger partial charge in [0.05, 0.1) is 0 Å². The fourth-order valence-electron chi connectivity index (χ4n) is 0.428. The van der Waals surface area contributed by atoms with Gasteiger partial charge in [0.2, 0.25) is 17.5 Å². The van der Waals surface area contributed by atoms with E-state index >= 15 is 0 Å². The molecule has 0 heterocycles. The van der Waals surface area contributed by atoms with Crippen LogP contribution in [-0.2, 0) is 12.6 Å². The van der Waals surface area contributed by atoms with E-state index in [1.54, 1.807) is 0 Å². The van der Waals surface area contributed by atoms with Crippen molar-refractivity contribution in [1.29, 1.82) is 0 Å². The molecule has 0 N–H and O–H groups in total. The Labute approximate surface area is 48.6 Å². The first kappa shape index (κ1) is 4.72. The lowest BCUT2D eigenvalue weighted by Gasteiger charge is -1.72. The van der Waals surface area contributed by atoms with Gasteiger partial charge in [0.1, 0.15) is 0 Å². The van der Waals surface area contributed by atoms with E-state index in [1.165, 1.54) is 0 Å². The van der Waals surface area contributed by atoms with E-state index in [1.807, 2.05) is 30.3 Å². The Kier molecular flexibility index (Phi) is 1.37. The molecule has 1 aromatic rings. The fraction of sp³-hybridized carbons (Fsp3) is 0. The number of benzene rings is 1. The van der Waals surface area contributed by atoms with Crippen LogP contribution >= 0.6 is 0 Å². The minimum Gasteiger partial charge on any atom is -0.0619 e. The third kappa shape index (κ3) is 1.24. The summed E-state index contributed by atoms with van der Waals surface area (Å²) in [5, 5.41) is 0. The molecule has 1 radical (unpaired) electrons. The molecule has 0 aliphatic heterocycles. The molecule has 1 heteroatoms. The van der Waals surface area contributed by atoms with E-state index in [-0.39, 0.29) is 0 Å². The van der Waals surface area contributed by atoms with Gasteiger partial charge in [-0.25, -0.2) is 0 Å². The van der Waals surface area contributed by atoms with Gasteiger partial charge in [0.15, 0.2) is 0 Å². The first-order valence-corrected chi connectivity index (χ1v) is 2.58. The average molecular weight is 110 g/mol. The molecule has 35 valence electrons. The molecule has 0 bridgehead atoms. The quantitative estimate of drug-likeness (QED) is 0.349. The number of thiol groups is 1. The van der Waals surface area contributed by atoms with Crippen molar-refractivity contribution in [3.05, 3.63) is 30.3 Å². The largest absolute Gasteiger partial charge is 0.224 e. The lowest BCUT2D eigenvalue weighted by atomic mass is 10.4. The Hall–Kier alpha value is -0.430. The highest BCUT2D eigenvalue weighted by molar-refractivity contribution is 7.58. The van der Waals surface area contributed by atoms with Crippen molar-refractivity contribution in [1.82, 2.24) is 0 Å². The molecule has 0 unspecified atom stereocenters. The minimum absolute atomic E-state index is 1.02. The highest BCUT2D eigenvalue weighted by Crippen LogP contribution is 1.92. The molecule has 0 saturated carbocycles. The van der Waals surface area contributed by atoms with Crippen LogP contribution in [0.4, 0.5) is 0 Å². The molecule has 0 aliphatic rings. The van der Waals surface area contributed by atoms with Crippen molar-refractivity contribution >= 4 is 12.6 Å². The topological polar surface area (TPSA) is 0 Å². The zero-order valence-electron chi connectivity index (χ0n) is 3.83. The molecule has 0 spiro atoms. The second-order valence-corrected chi connectivity index (χ2v) is 1.85. The second kappa shape index (κ2) is 2.03. The van der Waals surface area contributed by atoms with Crippen LogP contribution < -0.4 is 0 Å². The number of hydrogen-bond acceptors (Lipinski definition) is 1. The summed E-state index contributed by atoms with van der Waals surface area (Å²) >= 11 is 4.08. The van der Waals surface area contributed by atoms with Crippen molar-refractivity contribution in [2.24, 2.45) is 0 Å². The van der Waals surface area contributed by atoms with Gasteiger partial charge in [-0.1, -0.05) is 18.2 Å². The smallest absolute Gasteiger partial charge is 0.0619 e. The standard InChI is InChI=1S/C6H6S/c7-6-4-2-1-3-5-6/h1-5,7H/q+1. The normalized spacial score (nSPS) is 8.71. The Bertz CT molecular complexity index is 134. The molecule has 0 saturated heterocycles. The predicted molar refractivity (Wildman–Crippen MR) is 33.5 cm³/mol. The fourth-order valence-corrected chi connectivity index (χ4v) is 0.600. The Morgan fingerprint density at radius 2 is 1.57 bits per heavy atom. The molecule has 0 aliphatic carbocycles. The second-order valence-electron chi connectivity index (χ2n) is 1.34. The Balaban J connectivity index is 3.02. The summed E-state index contributed by atoms with van der Waals surface area (Å²) < 4.78 is 0. The monoisotopic (exact) mass is 110 g/mol. The Morgan fingerprint density at radius 3 is 1.86 bits per heavy atom. The third-order valence-electron chi connectivity index (χ3n) is 0.756. The molecular formula is C6H6S+. The average Bonchev–Trinajstić information content (AvgIpc) is 1.69. The van der Waals surface area contributed by atoms with E-state index in [9.17, 15) is 0 Å². The van der Waals surface area contributed by atoms with Crippen LogP contribution in [0.25, 0.3) is 0 Å². The van der Waals surface area contributed by atoms with E-state index in [0.717, 1.165) is 4.90 Å². The molecule has 0 fully saturated rings. The van der Waals surface area contributed by atoms with Crippen LogP contribution in [0.5, 0.6) is 0 Å². The van der Waals surface area contributed by atoms with Crippen molar-refractivity contribution < 1.29 is 0 Å². The molecule has 1 rings (SSSR count). The summed E-state index contributed by atoms with van der Waals surface area (Å²) in [6.45, 7) is 0. The summed E-state index contributed by atoms with van der Waals surface area (Å²) in [4.78, 5) is 1.02. The summed E-state index contributed by atoms with van der Waals surface area (Å²) in [5.74, 6) is 0. The lowest BCUT2D eigenvalue weighted by Crippen LogP contribution is -1.62. The number of hydrogen-bond donors (Lipinski definition) is 0. The van der Waals surface area contributed by atoms with Crippen molar-refractivity contribution in [2.75, 3.05) is 0 Å². The van der Waals surface area contributed by atoms with Crippen molar-refractivity contribution in [3.63, 3.8) is 0 Å². The van der Waals surface area contributed by atoms with Gasteiger partial charge in [-0.3, -0.25) is 0 Å². The van der Waals surface area contributed by atoms with Gasteiger partial charge >= 0.3 is 0 Å². The molecule has 0 aromatic heterocycles. The van der Waals surface area contributed by atoms with Gasteiger partial charge < -0.3 is 0 Å². The van der Waals surface area contributed by atoms with Gasteiger partial charge in [0.25, 0.3) is 0 Å². The molecule has 0 nitrogen and oxygen atoms in total. The van der Waals surface area contributed by atoms with Gasteiger partial charge in [-0.2, -0.15) is 0 Å². The SMILES string of the molecule is [SH+]c1ccccc1. The molecule has 1 aromatic carbocycles. The predicted octanol–water partition coefficient (Wildman–Crippen LogP) is 1.32. The molecule has 0 atom stereocenters. The van der Waals surface area contributed by atoms with Crippen molar-refractivity contribution in [2.45, 2.75) is 4.90 Å². The molecule has 7 heavy (non-hydrogen) atoms. The third-order valence-corrected chi connectivity index (χ3v) is 1.05. The summed E-state index contributed by atoms with van der Waals surface area (Å²) in [7, 11) is 0. The zero-order valence-corrected chi connectivity index (χ0v) is 4.73. The van der Waals surface area contributed by atoms with E-state index in [4.69, 9.17) is 0 Å². The highest BCUT2D eigenvalue weighted by atomic mass is 32.1. The Morgan fingerprint density at radius 1 is 1.00 bits per heavy atom. The molecular weight excluding hydrogens is 104 g/mol. The van der Waals surface area contributed by atoms with Gasteiger partial charge in [-0.05, 0) is 12.1 Å². The summed E-state index contributed by atoms with van der Waals surface area (Å²) in [6.07, 6.45) is 0. The van der Waals surface area contributed by atoms with Crippen LogP contribution in [-0.4, -0.2) is 0 Å². The molecule has 0 amide bonds. The maximum absolute atomic E-state index is 4.08. The van der Waals surface area contributed by atoms with E-state index in [0.29, 0.717) is 0 Å². The van der Waals surface area contributed by atoms with Crippen LogP contribution in [0.1, 0.15) is 0 Å². The van der Waals surface area contributed by atoms with E-state index in [2.05, 4.69) is 12.6 Å². The zero-order chi connectivity index (χ0) is 5.11.